The fourth-order valence-corrected chi connectivity index (χ4v) is 4.33. The first-order valence-corrected chi connectivity index (χ1v) is 9.42. The summed E-state index contributed by atoms with van der Waals surface area (Å²) in [5.41, 5.74) is 1.20. The lowest BCUT2D eigenvalue weighted by Gasteiger charge is -2.09. The van der Waals surface area contributed by atoms with Crippen molar-refractivity contribution >= 4 is 43.2 Å². The molecule has 1 aromatic heterocycles. The summed E-state index contributed by atoms with van der Waals surface area (Å²) < 4.78 is 34.3. The van der Waals surface area contributed by atoms with Crippen molar-refractivity contribution in [2.45, 2.75) is 4.90 Å². The topological polar surface area (TPSA) is 94.5 Å². The summed E-state index contributed by atoms with van der Waals surface area (Å²) in [6.07, 6.45) is 0. The number of hydrogen-bond acceptors (Lipinski definition) is 6. The number of esters is 1. The highest BCUT2D eigenvalue weighted by molar-refractivity contribution is 7.92. The summed E-state index contributed by atoms with van der Waals surface area (Å²) >= 11 is 1.04. The Kier molecular flexibility index (Phi) is 4.36. The van der Waals surface area contributed by atoms with Crippen molar-refractivity contribution < 1.29 is 17.9 Å². The second-order valence-corrected chi connectivity index (χ2v) is 7.91. The second kappa shape index (κ2) is 6.34. The van der Waals surface area contributed by atoms with E-state index >= 15 is 0 Å². The normalized spacial score (nSPS) is 11.4. The van der Waals surface area contributed by atoms with Crippen LogP contribution in [-0.2, 0) is 21.8 Å². The average Bonchev–Trinajstić information content (AvgIpc) is 2.87. The monoisotopic (exact) mass is 378 g/mol. The van der Waals surface area contributed by atoms with Crippen LogP contribution in [-0.4, -0.2) is 26.1 Å². The number of nitrogens with zero attached hydrogens (tertiary/aromatic N) is 1. The molecule has 130 valence electrons. The SMILES string of the molecule is COC(=O)c1cccc(S(=O)(=O)Nc2ccc3c(c2)sc(=O)n3C)c1. The van der Waals surface area contributed by atoms with Crippen molar-refractivity contribution in [3.05, 3.63) is 57.7 Å². The van der Waals surface area contributed by atoms with E-state index in [-0.39, 0.29) is 15.3 Å². The maximum absolute atomic E-state index is 12.5. The van der Waals surface area contributed by atoms with Crippen LogP contribution in [0.3, 0.4) is 0 Å². The summed E-state index contributed by atoms with van der Waals surface area (Å²) in [7, 11) is -1.01. The number of carbonyl (C=O) groups excluding carboxylic acids is 1. The first kappa shape index (κ1) is 17.2. The van der Waals surface area contributed by atoms with E-state index < -0.39 is 16.0 Å². The van der Waals surface area contributed by atoms with Crippen LogP contribution >= 0.6 is 11.3 Å². The second-order valence-electron chi connectivity index (χ2n) is 5.23. The number of carbonyl (C=O) groups is 1. The number of methoxy groups -OCH3 is 1. The van der Waals surface area contributed by atoms with Crippen LogP contribution in [0.15, 0.2) is 52.2 Å². The summed E-state index contributed by atoms with van der Waals surface area (Å²) in [5, 5.41) is 0. The molecule has 9 heteroatoms. The molecule has 1 heterocycles. The Morgan fingerprint density at radius 1 is 1.20 bits per heavy atom. The molecule has 3 rings (SSSR count). The van der Waals surface area contributed by atoms with E-state index in [4.69, 9.17) is 0 Å². The van der Waals surface area contributed by atoms with Gasteiger partial charge in [-0.25, -0.2) is 13.2 Å². The van der Waals surface area contributed by atoms with E-state index in [1.54, 1.807) is 25.2 Å². The van der Waals surface area contributed by atoms with Gasteiger partial charge in [-0.3, -0.25) is 9.52 Å². The van der Waals surface area contributed by atoms with Gasteiger partial charge in [0.15, 0.2) is 0 Å². The van der Waals surface area contributed by atoms with Gasteiger partial charge in [0.2, 0.25) is 0 Å². The van der Waals surface area contributed by atoms with Gasteiger partial charge < -0.3 is 9.30 Å². The van der Waals surface area contributed by atoms with Gasteiger partial charge in [0.05, 0.1) is 33.5 Å². The first-order valence-electron chi connectivity index (χ1n) is 7.12. The third kappa shape index (κ3) is 3.28. The molecule has 3 aromatic rings. The molecular formula is C16H14N2O5S2. The number of thiazole rings is 1. The largest absolute Gasteiger partial charge is 0.465 e. The Hall–Kier alpha value is -2.65. The molecule has 0 fully saturated rings. The molecule has 0 amide bonds. The number of aryl methyl sites for hydroxylation is 1. The Morgan fingerprint density at radius 3 is 2.68 bits per heavy atom. The highest BCUT2D eigenvalue weighted by Gasteiger charge is 2.17. The van der Waals surface area contributed by atoms with Crippen LogP contribution in [0.5, 0.6) is 0 Å². The van der Waals surface area contributed by atoms with E-state index in [0.29, 0.717) is 10.4 Å². The molecular weight excluding hydrogens is 364 g/mol. The summed E-state index contributed by atoms with van der Waals surface area (Å²) in [5.74, 6) is -0.618. The van der Waals surface area contributed by atoms with Crippen LogP contribution in [0, 0.1) is 0 Å². The average molecular weight is 378 g/mol. The predicted octanol–water partition coefficient (Wildman–Crippen LogP) is 2.19. The zero-order valence-electron chi connectivity index (χ0n) is 13.3. The van der Waals surface area contributed by atoms with Crippen molar-refractivity contribution in [2.24, 2.45) is 7.05 Å². The third-order valence-electron chi connectivity index (χ3n) is 3.61. The number of aromatic nitrogens is 1. The molecule has 0 saturated carbocycles. The van der Waals surface area contributed by atoms with Crippen LogP contribution in [0.1, 0.15) is 10.4 Å². The standard InChI is InChI=1S/C16H14N2O5S2/c1-18-13-7-6-11(9-14(13)24-16(18)20)17-25(21,22)12-5-3-4-10(8-12)15(19)23-2/h3-9,17H,1-2H3. The lowest BCUT2D eigenvalue weighted by molar-refractivity contribution is 0.0600. The highest BCUT2D eigenvalue weighted by atomic mass is 32.2. The molecule has 0 bridgehead atoms. The molecule has 25 heavy (non-hydrogen) atoms. The number of anilines is 1. The van der Waals surface area contributed by atoms with Gasteiger partial charge >= 0.3 is 10.8 Å². The van der Waals surface area contributed by atoms with Crippen molar-refractivity contribution in [2.75, 3.05) is 11.8 Å². The molecule has 0 aliphatic carbocycles. The van der Waals surface area contributed by atoms with Crippen LogP contribution < -0.4 is 9.60 Å². The van der Waals surface area contributed by atoms with Gasteiger partial charge in [-0.15, -0.1) is 0 Å². The van der Waals surface area contributed by atoms with Crippen LogP contribution in [0.2, 0.25) is 0 Å². The number of hydrogen-bond donors (Lipinski definition) is 1. The third-order valence-corrected chi connectivity index (χ3v) is 5.98. The molecule has 0 atom stereocenters. The fraction of sp³-hybridized carbons (Fsp3) is 0.125. The molecule has 0 saturated heterocycles. The lowest BCUT2D eigenvalue weighted by atomic mass is 10.2. The van der Waals surface area contributed by atoms with Gasteiger partial charge in [-0.05, 0) is 36.4 Å². The van der Waals surface area contributed by atoms with E-state index in [2.05, 4.69) is 9.46 Å². The van der Waals surface area contributed by atoms with Crippen LogP contribution in [0.25, 0.3) is 10.2 Å². The summed E-state index contributed by atoms with van der Waals surface area (Å²) in [6.45, 7) is 0. The molecule has 1 N–H and O–H groups in total. The van der Waals surface area contributed by atoms with Crippen molar-refractivity contribution in [3.8, 4) is 0 Å². The number of fused-ring (bicyclic) bond motifs is 1. The Morgan fingerprint density at radius 2 is 1.96 bits per heavy atom. The van der Waals surface area contributed by atoms with E-state index in [0.717, 1.165) is 16.9 Å². The Balaban J connectivity index is 1.96. The number of ether oxygens (including phenoxy) is 1. The number of benzene rings is 2. The quantitative estimate of drug-likeness (QED) is 0.702. The van der Waals surface area contributed by atoms with Gasteiger partial charge in [0.1, 0.15) is 0 Å². The minimum absolute atomic E-state index is 0.0586. The maximum Gasteiger partial charge on any atom is 0.337 e. The Bertz CT molecular complexity index is 1130. The number of sulfonamides is 1. The van der Waals surface area contributed by atoms with Gasteiger partial charge in [-0.1, -0.05) is 17.4 Å². The minimum atomic E-state index is -3.89. The molecule has 0 spiro atoms. The lowest BCUT2D eigenvalue weighted by Crippen LogP contribution is -2.14. The van der Waals surface area contributed by atoms with E-state index in [9.17, 15) is 18.0 Å². The maximum atomic E-state index is 12.5. The van der Waals surface area contributed by atoms with Gasteiger partial charge in [0, 0.05) is 7.05 Å². The van der Waals surface area contributed by atoms with E-state index in [1.165, 1.54) is 35.9 Å². The molecule has 0 unspecified atom stereocenters. The Labute approximate surface area is 147 Å². The minimum Gasteiger partial charge on any atom is -0.465 e. The molecule has 0 aliphatic heterocycles. The van der Waals surface area contributed by atoms with E-state index in [1.807, 2.05) is 0 Å². The fourth-order valence-electron chi connectivity index (χ4n) is 2.32. The van der Waals surface area contributed by atoms with Crippen molar-refractivity contribution in [3.63, 3.8) is 0 Å². The molecule has 0 aliphatic rings. The summed E-state index contributed by atoms with van der Waals surface area (Å²) in [4.78, 5) is 23.1. The zero-order chi connectivity index (χ0) is 18.2. The molecule has 7 nitrogen and oxygen atoms in total. The molecule has 2 aromatic carbocycles. The number of nitrogens with one attached hydrogen (secondary N) is 1. The number of rotatable bonds is 4. The van der Waals surface area contributed by atoms with Crippen LogP contribution in [0.4, 0.5) is 5.69 Å². The van der Waals surface area contributed by atoms with Crippen molar-refractivity contribution in [1.29, 1.82) is 0 Å². The first-order chi connectivity index (χ1) is 11.8. The molecule has 0 radical (unpaired) electrons. The summed E-state index contributed by atoms with van der Waals surface area (Å²) in [6, 6.07) is 10.4. The highest BCUT2D eigenvalue weighted by Crippen LogP contribution is 2.23. The van der Waals surface area contributed by atoms with Gasteiger partial charge in [-0.2, -0.15) is 0 Å². The van der Waals surface area contributed by atoms with Gasteiger partial charge in [0.25, 0.3) is 10.0 Å². The predicted molar refractivity (Wildman–Crippen MR) is 95.7 cm³/mol. The van der Waals surface area contributed by atoms with Crippen molar-refractivity contribution in [1.82, 2.24) is 4.57 Å². The smallest absolute Gasteiger partial charge is 0.337 e. The zero-order valence-corrected chi connectivity index (χ0v) is 15.0.